The summed E-state index contributed by atoms with van der Waals surface area (Å²) in [6.07, 6.45) is -4.00. The summed E-state index contributed by atoms with van der Waals surface area (Å²) in [6, 6.07) is 0. The van der Waals surface area contributed by atoms with Gasteiger partial charge in [0.2, 0.25) is 0 Å². The van der Waals surface area contributed by atoms with E-state index >= 15 is 0 Å². The number of carbonyl (C=O) groups is 3. The van der Waals surface area contributed by atoms with Gasteiger partial charge in [-0.1, -0.05) is 0 Å². The van der Waals surface area contributed by atoms with Gasteiger partial charge in [-0.3, -0.25) is 0 Å². The van der Waals surface area contributed by atoms with E-state index in [1.807, 2.05) is 0 Å². The Kier molecular flexibility index (Phi) is 30.6. The van der Waals surface area contributed by atoms with E-state index in [0.717, 1.165) is 0 Å². The Morgan fingerprint density at radius 3 is 0.692 bits per heavy atom. The summed E-state index contributed by atoms with van der Waals surface area (Å²) in [4.78, 5) is 26.3. The molecule has 0 spiro atoms. The summed E-state index contributed by atoms with van der Waals surface area (Å²) in [5.41, 5.74) is 12.1. The predicted octanol–water partition coefficient (Wildman–Crippen LogP) is -1.13. The molecule has 0 aromatic carbocycles. The molecule has 13 heavy (non-hydrogen) atoms. The van der Waals surface area contributed by atoms with Gasteiger partial charge in [-0.15, -0.1) is 0 Å². The zero-order chi connectivity index (χ0) is 10.7. The van der Waals surface area contributed by atoms with Crippen LogP contribution in [0.5, 0.6) is 0 Å². The molecular formula is C3H9N3O6Yb. The van der Waals surface area contributed by atoms with Gasteiger partial charge in [0.05, 0.1) is 0 Å². The maximum Gasteiger partial charge on any atom is 0.402 e. The van der Waals surface area contributed by atoms with Gasteiger partial charge in [-0.2, -0.15) is 0 Å². The summed E-state index contributed by atoms with van der Waals surface area (Å²) in [5.74, 6) is 0. The first-order chi connectivity index (χ1) is 5.20. The van der Waals surface area contributed by atoms with E-state index in [4.69, 9.17) is 29.7 Å². The van der Waals surface area contributed by atoms with Crippen LogP contribution in [0.1, 0.15) is 0 Å². The van der Waals surface area contributed by atoms with Crippen molar-refractivity contribution in [3.8, 4) is 0 Å². The third-order valence-corrected chi connectivity index (χ3v) is 0. The van der Waals surface area contributed by atoms with Crippen molar-refractivity contribution < 1.29 is 76.6 Å². The normalized spacial score (nSPS) is 5.54. The van der Waals surface area contributed by atoms with Gasteiger partial charge in [-0.05, 0) is 0 Å². The fourth-order valence-corrected chi connectivity index (χ4v) is 0. The second-order valence-electron chi connectivity index (χ2n) is 1.01. The standard InChI is InChI=1S/3CH3NO2.Yb/c3*2-1(3)4;/h3*2H2,(H,3,4);. The van der Waals surface area contributed by atoms with E-state index in [0.29, 0.717) is 0 Å². The summed E-state index contributed by atoms with van der Waals surface area (Å²) in [7, 11) is 0. The van der Waals surface area contributed by atoms with Gasteiger partial charge in [0, 0.05) is 46.9 Å². The number of amides is 3. The molecule has 0 saturated heterocycles. The van der Waals surface area contributed by atoms with E-state index in [9.17, 15) is 0 Å². The Hall–Kier alpha value is -0.671. The van der Waals surface area contributed by atoms with E-state index in [1.54, 1.807) is 0 Å². The summed E-state index contributed by atoms with van der Waals surface area (Å²) in [6.45, 7) is 0. The average molecular weight is 356 g/mol. The molecule has 0 aliphatic heterocycles. The van der Waals surface area contributed by atoms with Crippen molar-refractivity contribution in [1.29, 1.82) is 0 Å². The molecule has 10 heteroatoms. The molecule has 0 unspecified atom stereocenters. The molecule has 0 bridgehead atoms. The van der Waals surface area contributed by atoms with Crippen LogP contribution in [0.4, 0.5) is 14.4 Å². The number of nitrogens with two attached hydrogens (primary N) is 3. The number of hydrogen-bond acceptors (Lipinski definition) is 3. The molecule has 0 fully saturated rings. The van der Waals surface area contributed by atoms with E-state index < -0.39 is 18.3 Å². The van der Waals surface area contributed by atoms with E-state index in [1.165, 1.54) is 0 Å². The SMILES string of the molecule is NC(=O)O.NC(=O)O.NC(=O)O.[Yb]. The van der Waals surface area contributed by atoms with E-state index in [-0.39, 0.29) is 46.9 Å². The van der Waals surface area contributed by atoms with Crippen LogP contribution in [0.25, 0.3) is 0 Å². The Balaban J connectivity index is -0.0000000450. The number of hydrogen-bond donors (Lipinski definition) is 6. The first-order valence-electron chi connectivity index (χ1n) is 2.15. The van der Waals surface area contributed by atoms with Crippen molar-refractivity contribution in [2.24, 2.45) is 17.2 Å². The molecule has 0 aliphatic rings. The minimum absolute atomic E-state index is 0. The summed E-state index contributed by atoms with van der Waals surface area (Å²) < 4.78 is 0. The Morgan fingerprint density at radius 2 is 0.692 bits per heavy atom. The fraction of sp³-hybridized carbons (Fsp3) is 0. The molecule has 0 aromatic heterocycles. The van der Waals surface area contributed by atoms with Gasteiger partial charge in [0.1, 0.15) is 0 Å². The van der Waals surface area contributed by atoms with Crippen LogP contribution in [0.2, 0.25) is 0 Å². The molecule has 0 heterocycles. The molecule has 0 saturated carbocycles. The second-order valence-corrected chi connectivity index (χ2v) is 1.01. The zero-order valence-electron chi connectivity index (χ0n) is 6.07. The van der Waals surface area contributed by atoms with Gasteiger partial charge >= 0.3 is 18.3 Å². The minimum atomic E-state index is -1.33. The zero-order valence-corrected chi connectivity index (χ0v) is 7.78. The van der Waals surface area contributed by atoms with Crippen molar-refractivity contribution in [2.45, 2.75) is 0 Å². The third-order valence-electron chi connectivity index (χ3n) is 0. The molecule has 9 nitrogen and oxygen atoms in total. The molecule has 3 amide bonds. The minimum Gasteiger partial charge on any atom is -0.465 e. The maximum atomic E-state index is 8.78. The molecule has 0 aromatic rings. The first kappa shape index (κ1) is 22.8. The largest absolute Gasteiger partial charge is 0.465 e. The van der Waals surface area contributed by atoms with Crippen LogP contribution in [0.3, 0.4) is 0 Å². The number of carboxylic acid groups (broad SMARTS) is 3. The molecule has 0 atom stereocenters. The molecule has 0 rings (SSSR count). The van der Waals surface area contributed by atoms with Crippen LogP contribution in [0.15, 0.2) is 0 Å². The van der Waals surface area contributed by atoms with Gasteiger partial charge in [0.15, 0.2) is 0 Å². The third kappa shape index (κ3) is 2190. The van der Waals surface area contributed by atoms with Crippen LogP contribution >= 0.6 is 0 Å². The predicted molar refractivity (Wildman–Crippen MR) is 36.6 cm³/mol. The monoisotopic (exact) mass is 357 g/mol. The van der Waals surface area contributed by atoms with Crippen molar-refractivity contribution in [3.05, 3.63) is 0 Å². The average Bonchev–Trinajstić information content (AvgIpc) is 1.54. The van der Waals surface area contributed by atoms with Gasteiger partial charge < -0.3 is 32.5 Å². The van der Waals surface area contributed by atoms with Crippen LogP contribution < -0.4 is 17.2 Å². The van der Waals surface area contributed by atoms with Crippen molar-refractivity contribution >= 4 is 18.3 Å². The number of rotatable bonds is 0. The van der Waals surface area contributed by atoms with Gasteiger partial charge in [-0.25, -0.2) is 14.4 Å². The molecule has 9 N–H and O–H groups in total. The Labute approximate surface area is 111 Å². The molecule has 0 aliphatic carbocycles. The first-order valence-corrected chi connectivity index (χ1v) is 2.15. The fourth-order valence-electron chi connectivity index (χ4n) is 0. The van der Waals surface area contributed by atoms with Gasteiger partial charge in [0.25, 0.3) is 0 Å². The smallest absolute Gasteiger partial charge is 0.402 e. The summed E-state index contributed by atoms with van der Waals surface area (Å²) in [5, 5.41) is 21.6. The van der Waals surface area contributed by atoms with Crippen LogP contribution in [-0.2, 0) is 0 Å². The molecular weight excluding hydrogens is 347 g/mol. The second kappa shape index (κ2) is 17.4. The molecule has 86 valence electrons. The van der Waals surface area contributed by atoms with Crippen molar-refractivity contribution in [2.75, 3.05) is 0 Å². The Bertz CT molecular complexity index is 121. The number of primary amides is 3. The quantitative estimate of drug-likeness (QED) is 0.318. The van der Waals surface area contributed by atoms with Crippen LogP contribution in [0, 0.1) is 46.9 Å². The maximum absolute atomic E-state index is 8.78. The summed E-state index contributed by atoms with van der Waals surface area (Å²) >= 11 is 0. The topological polar surface area (TPSA) is 190 Å². The Morgan fingerprint density at radius 1 is 0.692 bits per heavy atom. The van der Waals surface area contributed by atoms with Crippen LogP contribution in [-0.4, -0.2) is 33.6 Å². The van der Waals surface area contributed by atoms with Crippen molar-refractivity contribution in [1.82, 2.24) is 0 Å². The van der Waals surface area contributed by atoms with E-state index in [2.05, 4.69) is 17.2 Å². The van der Waals surface area contributed by atoms with Crippen molar-refractivity contribution in [3.63, 3.8) is 0 Å². The molecule has 0 radical (unpaired) electrons.